The number of carbonyl (C=O) groups is 1. The van der Waals surface area contributed by atoms with E-state index in [9.17, 15) is 4.79 Å². The average Bonchev–Trinajstić information content (AvgIpc) is 3.07. The molecular formula is C17H24N4O3. The first-order valence-corrected chi connectivity index (χ1v) is 8.18. The van der Waals surface area contributed by atoms with Crippen molar-refractivity contribution in [2.24, 2.45) is 0 Å². The molecule has 0 aliphatic rings. The Morgan fingerprint density at radius 3 is 2.67 bits per heavy atom. The van der Waals surface area contributed by atoms with Crippen LogP contribution < -0.4 is 15.4 Å². The number of likely N-dealkylation sites (N-methyl/N-ethyl adjacent to an activating group) is 1. The number of nitrogens with one attached hydrogen (secondary N) is 2. The molecule has 1 aromatic carbocycles. The monoisotopic (exact) mass is 332 g/mol. The van der Waals surface area contributed by atoms with E-state index in [0.717, 1.165) is 6.54 Å². The van der Waals surface area contributed by atoms with Crippen LogP contribution in [0.15, 0.2) is 28.8 Å². The van der Waals surface area contributed by atoms with Crippen LogP contribution in [0.5, 0.6) is 5.75 Å². The molecule has 7 heteroatoms. The van der Waals surface area contributed by atoms with E-state index in [1.54, 1.807) is 24.3 Å². The van der Waals surface area contributed by atoms with E-state index in [2.05, 4.69) is 20.8 Å². The van der Waals surface area contributed by atoms with Crippen LogP contribution in [0.1, 0.15) is 42.8 Å². The predicted octanol–water partition coefficient (Wildman–Crippen LogP) is 1.94. The molecule has 0 bridgehead atoms. The number of aryl methyl sites for hydroxylation is 1. The van der Waals surface area contributed by atoms with Gasteiger partial charge in [0.2, 0.25) is 11.7 Å². The summed E-state index contributed by atoms with van der Waals surface area (Å²) >= 11 is 0. The summed E-state index contributed by atoms with van der Waals surface area (Å²) in [7, 11) is 0. The summed E-state index contributed by atoms with van der Waals surface area (Å²) in [6.07, 6.45) is 0.698. The summed E-state index contributed by atoms with van der Waals surface area (Å²) in [5.74, 6) is 1.64. The first-order valence-electron chi connectivity index (χ1n) is 8.18. The molecule has 1 amide bonds. The third-order valence-corrected chi connectivity index (χ3v) is 3.42. The molecule has 0 aliphatic carbocycles. The van der Waals surface area contributed by atoms with Gasteiger partial charge in [-0.05, 0) is 37.7 Å². The Labute approximate surface area is 141 Å². The van der Waals surface area contributed by atoms with Gasteiger partial charge in [-0.1, -0.05) is 19.0 Å². The predicted molar refractivity (Wildman–Crippen MR) is 89.9 cm³/mol. The Bertz CT molecular complexity index is 640. The van der Waals surface area contributed by atoms with Crippen molar-refractivity contribution in [2.75, 3.05) is 13.1 Å². The molecule has 1 aromatic heterocycles. The number of nitrogens with zero attached hydrogens (tertiary/aromatic N) is 2. The molecule has 2 rings (SSSR count). The van der Waals surface area contributed by atoms with Gasteiger partial charge in [-0.3, -0.25) is 4.79 Å². The molecule has 0 spiro atoms. The van der Waals surface area contributed by atoms with Crippen molar-refractivity contribution in [3.8, 4) is 5.75 Å². The first-order chi connectivity index (χ1) is 11.6. The summed E-state index contributed by atoms with van der Waals surface area (Å²) in [5, 5.41) is 9.96. The lowest BCUT2D eigenvalue weighted by Gasteiger charge is -2.13. The Balaban J connectivity index is 1.82. The summed E-state index contributed by atoms with van der Waals surface area (Å²) in [4.78, 5) is 16.2. The van der Waals surface area contributed by atoms with Gasteiger partial charge in [0.1, 0.15) is 5.75 Å². The topological polar surface area (TPSA) is 89.3 Å². The van der Waals surface area contributed by atoms with Gasteiger partial charge in [0, 0.05) is 24.6 Å². The Kier molecular flexibility index (Phi) is 6.74. The van der Waals surface area contributed by atoms with Crippen LogP contribution in [0, 0.1) is 0 Å². The highest BCUT2D eigenvalue weighted by atomic mass is 16.5. The van der Waals surface area contributed by atoms with Gasteiger partial charge in [-0.2, -0.15) is 4.98 Å². The third-order valence-electron chi connectivity index (χ3n) is 3.42. The van der Waals surface area contributed by atoms with Crippen LogP contribution in [0.25, 0.3) is 0 Å². The fourth-order valence-electron chi connectivity index (χ4n) is 2.11. The van der Waals surface area contributed by atoms with Crippen LogP contribution in [0.3, 0.4) is 0 Å². The minimum absolute atomic E-state index is 0.0999. The number of hydrogen-bond acceptors (Lipinski definition) is 6. The zero-order valence-electron chi connectivity index (χ0n) is 14.3. The van der Waals surface area contributed by atoms with Crippen LogP contribution in [-0.2, 0) is 13.0 Å². The molecule has 130 valence electrons. The van der Waals surface area contributed by atoms with Crippen molar-refractivity contribution in [3.05, 3.63) is 41.5 Å². The highest BCUT2D eigenvalue weighted by Crippen LogP contribution is 2.13. The fourth-order valence-corrected chi connectivity index (χ4v) is 2.11. The van der Waals surface area contributed by atoms with Gasteiger partial charge in [0.25, 0.3) is 5.91 Å². The number of aromatic nitrogens is 2. The van der Waals surface area contributed by atoms with E-state index >= 15 is 0 Å². The number of ether oxygens (including phenoxy) is 1. The minimum Gasteiger partial charge on any atom is -0.485 e. The lowest BCUT2D eigenvalue weighted by molar-refractivity contribution is 0.0950. The largest absolute Gasteiger partial charge is 0.485 e. The Hall–Kier alpha value is -2.41. The van der Waals surface area contributed by atoms with Crippen LogP contribution in [0.2, 0.25) is 0 Å². The minimum atomic E-state index is -0.0999. The van der Waals surface area contributed by atoms with Crippen molar-refractivity contribution in [2.45, 2.75) is 39.8 Å². The maximum Gasteiger partial charge on any atom is 0.251 e. The zero-order valence-corrected chi connectivity index (χ0v) is 14.3. The van der Waals surface area contributed by atoms with E-state index in [-0.39, 0.29) is 18.6 Å². The molecule has 1 atom stereocenters. The van der Waals surface area contributed by atoms with Gasteiger partial charge in [0.15, 0.2) is 6.61 Å². The number of carbonyl (C=O) groups excluding carboxylic acids is 1. The molecule has 7 nitrogen and oxygen atoms in total. The van der Waals surface area contributed by atoms with Crippen molar-refractivity contribution in [1.82, 2.24) is 20.8 Å². The third kappa shape index (κ3) is 5.34. The van der Waals surface area contributed by atoms with Gasteiger partial charge >= 0.3 is 0 Å². The summed E-state index contributed by atoms with van der Waals surface area (Å²) in [5.41, 5.74) is 0.596. The van der Waals surface area contributed by atoms with Gasteiger partial charge < -0.3 is 19.9 Å². The van der Waals surface area contributed by atoms with E-state index in [4.69, 9.17) is 9.26 Å². The summed E-state index contributed by atoms with van der Waals surface area (Å²) in [6.45, 7) is 7.71. The summed E-state index contributed by atoms with van der Waals surface area (Å²) in [6, 6.07) is 7.21. The maximum absolute atomic E-state index is 12.1. The SMILES string of the molecule is CCN[C@H](C)CNC(=O)c1ccc(OCc2noc(CC)n2)cc1. The quantitative estimate of drug-likeness (QED) is 0.729. The lowest BCUT2D eigenvalue weighted by atomic mass is 10.2. The van der Waals surface area contributed by atoms with E-state index in [0.29, 0.717) is 36.0 Å². The van der Waals surface area contributed by atoms with Crippen molar-refractivity contribution >= 4 is 5.91 Å². The second-order valence-electron chi connectivity index (χ2n) is 5.44. The molecule has 1 heterocycles. The van der Waals surface area contributed by atoms with Crippen LogP contribution in [0.4, 0.5) is 0 Å². The van der Waals surface area contributed by atoms with E-state index in [1.807, 2.05) is 20.8 Å². The molecule has 0 fully saturated rings. The van der Waals surface area contributed by atoms with Gasteiger partial charge in [-0.15, -0.1) is 0 Å². The van der Waals surface area contributed by atoms with E-state index < -0.39 is 0 Å². The Morgan fingerprint density at radius 1 is 1.29 bits per heavy atom. The smallest absolute Gasteiger partial charge is 0.251 e. The first kappa shape index (κ1) is 17.9. The number of hydrogen-bond donors (Lipinski definition) is 2. The number of rotatable bonds is 9. The number of amides is 1. The van der Waals surface area contributed by atoms with Crippen LogP contribution >= 0.6 is 0 Å². The van der Waals surface area contributed by atoms with Crippen molar-refractivity contribution < 1.29 is 14.1 Å². The molecule has 2 N–H and O–H groups in total. The van der Waals surface area contributed by atoms with E-state index in [1.165, 1.54) is 0 Å². The highest BCUT2D eigenvalue weighted by molar-refractivity contribution is 5.94. The van der Waals surface area contributed by atoms with Gasteiger partial charge in [0.05, 0.1) is 0 Å². The average molecular weight is 332 g/mol. The number of benzene rings is 1. The summed E-state index contributed by atoms with van der Waals surface area (Å²) < 4.78 is 10.6. The normalized spacial score (nSPS) is 12.0. The van der Waals surface area contributed by atoms with Crippen molar-refractivity contribution in [3.63, 3.8) is 0 Å². The molecule has 0 unspecified atom stereocenters. The second-order valence-corrected chi connectivity index (χ2v) is 5.44. The molecule has 0 saturated heterocycles. The highest BCUT2D eigenvalue weighted by Gasteiger charge is 2.08. The molecule has 24 heavy (non-hydrogen) atoms. The molecule has 0 radical (unpaired) electrons. The zero-order chi connectivity index (χ0) is 17.4. The van der Waals surface area contributed by atoms with Gasteiger partial charge in [-0.25, -0.2) is 0 Å². The van der Waals surface area contributed by atoms with Crippen LogP contribution in [-0.4, -0.2) is 35.2 Å². The lowest BCUT2D eigenvalue weighted by Crippen LogP contribution is -2.38. The molecule has 0 aliphatic heterocycles. The Morgan fingerprint density at radius 2 is 2.04 bits per heavy atom. The molecule has 2 aromatic rings. The maximum atomic E-state index is 12.1. The second kappa shape index (κ2) is 9.02. The molecule has 0 saturated carbocycles. The standard InChI is InChI=1S/C17H24N4O3/c1-4-16-20-15(21-24-16)11-23-14-8-6-13(7-9-14)17(22)19-10-12(3)18-5-2/h6-9,12,18H,4-5,10-11H2,1-3H3,(H,19,22)/t12-/m1/s1. The molecular weight excluding hydrogens is 308 g/mol. The van der Waals surface area contributed by atoms with Crippen molar-refractivity contribution in [1.29, 1.82) is 0 Å². The fraction of sp³-hybridized carbons (Fsp3) is 0.471.